The van der Waals surface area contributed by atoms with E-state index in [0.717, 1.165) is 22.0 Å². The largest absolute Gasteiger partial charge is 0.467 e. The zero-order valence-electron chi connectivity index (χ0n) is 14.7. The third kappa shape index (κ3) is 2.88. The predicted molar refractivity (Wildman–Crippen MR) is 105 cm³/mol. The minimum Gasteiger partial charge on any atom is -0.467 e. The molecule has 0 spiro atoms. The molecule has 5 rings (SSSR count). The number of benzene rings is 2. The van der Waals surface area contributed by atoms with Gasteiger partial charge in [0.2, 0.25) is 0 Å². The van der Waals surface area contributed by atoms with Crippen LogP contribution >= 0.6 is 11.8 Å². The van der Waals surface area contributed by atoms with E-state index in [0.29, 0.717) is 23.7 Å². The van der Waals surface area contributed by atoms with Gasteiger partial charge in [0, 0.05) is 40.8 Å². The number of ether oxygens (including phenoxy) is 2. The predicted octanol–water partition coefficient (Wildman–Crippen LogP) is 3.77. The Kier molecular flexibility index (Phi) is 4.18. The second-order valence-corrected chi connectivity index (χ2v) is 7.45. The molecule has 1 atom stereocenters. The van der Waals surface area contributed by atoms with Crippen molar-refractivity contribution < 1.29 is 14.4 Å². The molecule has 0 fully saturated rings. The Labute approximate surface area is 165 Å². The van der Waals surface area contributed by atoms with Gasteiger partial charge in [-0.05, 0) is 12.1 Å². The number of rotatable bonds is 3. The summed E-state index contributed by atoms with van der Waals surface area (Å²) in [6.45, 7) is 0.457. The molecule has 9 heteroatoms. The average Bonchev–Trinajstić information content (AvgIpc) is 3.22. The highest BCUT2D eigenvalue weighted by atomic mass is 32.2. The summed E-state index contributed by atoms with van der Waals surface area (Å²) in [6.07, 6.45) is 3.99. The molecule has 2 aromatic carbocycles. The van der Waals surface area contributed by atoms with Gasteiger partial charge in [0.05, 0.1) is 23.3 Å². The number of nitrogens with one attached hydrogen (secondary N) is 1. The van der Waals surface area contributed by atoms with Gasteiger partial charge in [0.1, 0.15) is 5.75 Å². The Morgan fingerprint density at radius 1 is 1.36 bits per heavy atom. The fraction of sp³-hybridized carbons (Fsp3) is 0.211. The monoisotopic (exact) mass is 396 g/mol. The topological polar surface area (TPSA) is 89.2 Å². The molecule has 0 bridgehead atoms. The standard InChI is InChI=1S/C19H16N4O4S/c24-23(25)14-7-12-9-26-11-27-18(12)13(8-14)10-28-19-21-16-4-2-1-3-15(16)17-5-6-20-22(17)19/h1-8,17,20H,9-11H2/t17-/m0/s1. The van der Waals surface area contributed by atoms with Crippen molar-refractivity contribution in [2.45, 2.75) is 18.4 Å². The number of non-ortho nitro benzene ring substituents is 1. The number of hydrogen-bond donors (Lipinski definition) is 1. The highest BCUT2D eigenvalue weighted by Crippen LogP contribution is 2.40. The number of fused-ring (bicyclic) bond motifs is 4. The van der Waals surface area contributed by atoms with Gasteiger partial charge in [-0.3, -0.25) is 15.1 Å². The summed E-state index contributed by atoms with van der Waals surface area (Å²) >= 11 is 1.51. The van der Waals surface area contributed by atoms with E-state index >= 15 is 0 Å². The Balaban J connectivity index is 1.46. The van der Waals surface area contributed by atoms with Crippen LogP contribution < -0.4 is 10.2 Å². The fourth-order valence-electron chi connectivity index (χ4n) is 3.53. The molecular formula is C19H16N4O4S. The van der Waals surface area contributed by atoms with Crippen LogP contribution in [0.4, 0.5) is 11.4 Å². The van der Waals surface area contributed by atoms with Crippen LogP contribution in [0.1, 0.15) is 22.7 Å². The van der Waals surface area contributed by atoms with Crippen molar-refractivity contribution in [1.29, 1.82) is 0 Å². The highest BCUT2D eigenvalue weighted by molar-refractivity contribution is 8.13. The number of nitro benzene ring substituents is 1. The van der Waals surface area contributed by atoms with Crippen LogP contribution in [0.2, 0.25) is 0 Å². The van der Waals surface area contributed by atoms with Crippen molar-refractivity contribution in [3.05, 3.63) is 75.5 Å². The summed E-state index contributed by atoms with van der Waals surface area (Å²) in [5, 5.41) is 14.1. The van der Waals surface area contributed by atoms with Crippen molar-refractivity contribution in [1.82, 2.24) is 10.4 Å². The van der Waals surface area contributed by atoms with Crippen LogP contribution in [0.5, 0.6) is 5.75 Å². The second-order valence-electron chi connectivity index (χ2n) is 6.51. The maximum absolute atomic E-state index is 11.3. The molecule has 8 nitrogen and oxygen atoms in total. The summed E-state index contributed by atoms with van der Waals surface area (Å²) in [7, 11) is 0. The molecule has 0 amide bonds. The summed E-state index contributed by atoms with van der Waals surface area (Å²) < 4.78 is 10.9. The van der Waals surface area contributed by atoms with Gasteiger partial charge in [-0.1, -0.05) is 30.0 Å². The van der Waals surface area contributed by atoms with E-state index in [2.05, 4.69) is 17.6 Å². The summed E-state index contributed by atoms with van der Waals surface area (Å²) in [4.78, 5) is 15.7. The quantitative estimate of drug-likeness (QED) is 0.624. The molecule has 0 aliphatic carbocycles. The van der Waals surface area contributed by atoms with Gasteiger partial charge < -0.3 is 14.9 Å². The van der Waals surface area contributed by atoms with E-state index in [9.17, 15) is 10.1 Å². The number of amidine groups is 1. The Hall–Kier alpha value is -3.04. The van der Waals surface area contributed by atoms with Gasteiger partial charge in [0.15, 0.2) is 12.0 Å². The van der Waals surface area contributed by atoms with Gasteiger partial charge in [0.25, 0.3) is 5.69 Å². The number of para-hydroxylation sites is 1. The molecule has 0 saturated heterocycles. The number of aliphatic imine (C=N–C) groups is 1. The highest BCUT2D eigenvalue weighted by Gasteiger charge is 2.31. The third-order valence-corrected chi connectivity index (χ3v) is 5.79. The van der Waals surface area contributed by atoms with Gasteiger partial charge in [-0.25, -0.2) is 4.99 Å². The van der Waals surface area contributed by atoms with Crippen LogP contribution in [0.3, 0.4) is 0 Å². The molecule has 0 saturated carbocycles. The number of nitro groups is 1. The van der Waals surface area contributed by atoms with E-state index in [-0.39, 0.29) is 23.4 Å². The number of nitrogens with zero attached hydrogens (tertiary/aromatic N) is 3. The summed E-state index contributed by atoms with van der Waals surface area (Å²) in [5.74, 6) is 1.17. The molecule has 1 N–H and O–H groups in total. The lowest BCUT2D eigenvalue weighted by Gasteiger charge is -2.32. The van der Waals surface area contributed by atoms with Crippen molar-refractivity contribution >= 4 is 28.3 Å². The van der Waals surface area contributed by atoms with Crippen LogP contribution in [0, 0.1) is 10.1 Å². The van der Waals surface area contributed by atoms with E-state index in [1.165, 1.54) is 17.8 Å². The van der Waals surface area contributed by atoms with Crippen LogP contribution in [-0.4, -0.2) is 21.9 Å². The van der Waals surface area contributed by atoms with Crippen molar-refractivity contribution in [3.8, 4) is 5.75 Å². The molecule has 0 radical (unpaired) electrons. The van der Waals surface area contributed by atoms with Crippen LogP contribution in [0.15, 0.2) is 53.7 Å². The zero-order valence-corrected chi connectivity index (χ0v) is 15.5. The minimum absolute atomic E-state index is 0.0400. The van der Waals surface area contributed by atoms with Crippen LogP contribution in [0.25, 0.3) is 0 Å². The number of thioether (sulfide) groups is 1. The average molecular weight is 396 g/mol. The smallest absolute Gasteiger partial charge is 0.270 e. The van der Waals surface area contributed by atoms with Crippen molar-refractivity contribution in [2.75, 3.05) is 6.79 Å². The first-order valence-electron chi connectivity index (χ1n) is 8.74. The Morgan fingerprint density at radius 3 is 3.14 bits per heavy atom. The zero-order chi connectivity index (χ0) is 19.1. The van der Waals surface area contributed by atoms with Crippen LogP contribution in [-0.2, 0) is 17.1 Å². The SMILES string of the molecule is O=[N+]([O-])c1cc2c(c(CSC3=Nc4ccccc4[C@@H]4C=CNN34)c1)OCOC2. The lowest BCUT2D eigenvalue weighted by molar-refractivity contribution is -0.385. The van der Waals surface area contributed by atoms with E-state index in [1.54, 1.807) is 6.07 Å². The first-order chi connectivity index (χ1) is 13.7. The normalized spacial score (nSPS) is 19.1. The molecular weight excluding hydrogens is 380 g/mol. The molecule has 142 valence electrons. The second kappa shape index (κ2) is 6.84. The summed E-state index contributed by atoms with van der Waals surface area (Å²) in [6, 6.07) is 11.2. The maximum Gasteiger partial charge on any atom is 0.270 e. The molecule has 28 heavy (non-hydrogen) atoms. The number of hydrogen-bond acceptors (Lipinski definition) is 8. The lowest BCUT2D eigenvalue weighted by atomic mass is 10.0. The van der Waals surface area contributed by atoms with Crippen molar-refractivity contribution in [2.24, 2.45) is 4.99 Å². The van der Waals surface area contributed by atoms with Gasteiger partial charge >= 0.3 is 0 Å². The van der Waals surface area contributed by atoms with Gasteiger partial charge in [-0.2, -0.15) is 0 Å². The molecule has 2 aromatic rings. The van der Waals surface area contributed by atoms with Gasteiger partial charge in [-0.15, -0.1) is 0 Å². The first kappa shape index (κ1) is 17.1. The van der Waals surface area contributed by atoms with Crippen molar-refractivity contribution in [3.63, 3.8) is 0 Å². The minimum atomic E-state index is -0.389. The first-order valence-corrected chi connectivity index (χ1v) is 9.72. The van der Waals surface area contributed by atoms with E-state index in [1.807, 2.05) is 29.4 Å². The fourth-order valence-corrected chi connectivity index (χ4v) is 4.50. The number of hydrazine groups is 1. The van der Waals surface area contributed by atoms with E-state index < -0.39 is 0 Å². The van der Waals surface area contributed by atoms with E-state index in [4.69, 9.17) is 14.5 Å². The third-order valence-electron chi connectivity index (χ3n) is 4.79. The molecule has 0 unspecified atom stereocenters. The Bertz CT molecular complexity index is 1020. The molecule has 0 aromatic heterocycles. The Morgan fingerprint density at radius 2 is 2.25 bits per heavy atom. The summed E-state index contributed by atoms with van der Waals surface area (Å²) in [5.41, 5.74) is 6.80. The molecule has 3 aliphatic rings. The molecule has 3 heterocycles. The lowest BCUT2D eigenvalue weighted by Crippen LogP contribution is -2.38. The maximum atomic E-state index is 11.3. The molecule has 3 aliphatic heterocycles.